The van der Waals surface area contributed by atoms with Gasteiger partial charge in [0.05, 0.1) is 18.4 Å². The van der Waals surface area contributed by atoms with Gasteiger partial charge in [-0.3, -0.25) is 9.59 Å². The zero-order valence-electron chi connectivity index (χ0n) is 18.8. The van der Waals surface area contributed by atoms with Crippen molar-refractivity contribution in [2.45, 2.75) is 52.6 Å². The number of rotatable bonds is 6. The normalized spacial score (nSPS) is 18.9. The number of carbonyl (C=O) groups is 2. The van der Waals surface area contributed by atoms with Crippen LogP contribution >= 0.6 is 0 Å². The van der Waals surface area contributed by atoms with Crippen molar-refractivity contribution in [3.05, 3.63) is 53.5 Å². The summed E-state index contributed by atoms with van der Waals surface area (Å²) < 4.78 is 5.77. The minimum Gasteiger partial charge on any atom is -0.467 e. The number of hydrogen-bond donors (Lipinski definition) is 0. The van der Waals surface area contributed by atoms with Crippen molar-refractivity contribution in [2.75, 3.05) is 31.1 Å². The summed E-state index contributed by atoms with van der Waals surface area (Å²) in [5, 5.41) is 0. The summed E-state index contributed by atoms with van der Waals surface area (Å²) in [5.74, 6) is 0.977. The van der Waals surface area contributed by atoms with E-state index in [-0.39, 0.29) is 17.7 Å². The van der Waals surface area contributed by atoms with E-state index in [0.29, 0.717) is 31.2 Å². The number of furan rings is 1. The molecular formula is C25H33N3O3. The first kappa shape index (κ1) is 21.5. The molecule has 1 aromatic heterocycles. The lowest BCUT2D eigenvalue weighted by Gasteiger charge is -2.34. The fraction of sp³-hybridized carbons (Fsp3) is 0.520. The number of benzene rings is 1. The first-order chi connectivity index (χ1) is 15.0. The quantitative estimate of drug-likeness (QED) is 0.706. The molecule has 0 bridgehead atoms. The predicted molar refractivity (Wildman–Crippen MR) is 121 cm³/mol. The molecule has 0 aliphatic carbocycles. The number of fused-ring (bicyclic) bond motifs is 1. The lowest BCUT2D eigenvalue weighted by Crippen LogP contribution is -2.44. The number of para-hydroxylation sites is 1. The van der Waals surface area contributed by atoms with Crippen LogP contribution in [0.15, 0.2) is 41.0 Å². The molecule has 2 aliphatic heterocycles. The lowest BCUT2D eigenvalue weighted by molar-refractivity contribution is -0.136. The molecule has 1 unspecified atom stereocenters. The molecule has 1 fully saturated rings. The number of carbonyl (C=O) groups excluding carboxylic acids is 2. The van der Waals surface area contributed by atoms with E-state index in [1.807, 2.05) is 23.6 Å². The molecular weight excluding hydrogens is 390 g/mol. The van der Waals surface area contributed by atoms with Crippen LogP contribution in [-0.4, -0.2) is 53.8 Å². The van der Waals surface area contributed by atoms with E-state index in [0.717, 1.165) is 38.1 Å². The van der Waals surface area contributed by atoms with E-state index >= 15 is 0 Å². The Hall–Kier alpha value is -2.76. The van der Waals surface area contributed by atoms with Crippen molar-refractivity contribution in [3.63, 3.8) is 0 Å². The molecule has 2 aliphatic rings. The van der Waals surface area contributed by atoms with Crippen molar-refractivity contribution in [3.8, 4) is 0 Å². The third kappa shape index (κ3) is 4.21. The van der Waals surface area contributed by atoms with Crippen LogP contribution in [0.5, 0.6) is 0 Å². The average molecular weight is 424 g/mol. The van der Waals surface area contributed by atoms with Gasteiger partial charge >= 0.3 is 0 Å². The number of anilines is 1. The summed E-state index contributed by atoms with van der Waals surface area (Å²) in [5.41, 5.74) is 3.21. The van der Waals surface area contributed by atoms with E-state index in [9.17, 15) is 9.59 Å². The largest absolute Gasteiger partial charge is 0.467 e. The molecule has 1 aromatic carbocycles. The van der Waals surface area contributed by atoms with E-state index in [1.54, 1.807) is 12.3 Å². The summed E-state index contributed by atoms with van der Waals surface area (Å²) in [7, 11) is 0. The van der Waals surface area contributed by atoms with Crippen LogP contribution in [0.3, 0.4) is 0 Å². The number of piperidine rings is 1. The molecule has 31 heavy (non-hydrogen) atoms. The Bertz CT molecular complexity index is 926. The highest BCUT2D eigenvalue weighted by Crippen LogP contribution is 2.34. The van der Waals surface area contributed by atoms with Crippen LogP contribution in [0.1, 0.15) is 55.3 Å². The molecule has 2 aromatic rings. The maximum absolute atomic E-state index is 13.3. The molecule has 1 saturated heterocycles. The zero-order valence-corrected chi connectivity index (χ0v) is 18.8. The van der Waals surface area contributed by atoms with E-state index < -0.39 is 0 Å². The van der Waals surface area contributed by atoms with Crippen LogP contribution in [0.2, 0.25) is 0 Å². The minimum atomic E-state index is 0.0117. The fourth-order valence-electron chi connectivity index (χ4n) is 4.97. The van der Waals surface area contributed by atoms with Gasteiger partial charge in [-0.05, 0) is 57.7 Å². The van der Waals surface area contributed by atoms with Crippen molar-refractivity contribution in [1.82, 2.24) is 9.80 Å². The molecule has 2 amide bonds. The van der Waals surface area contributed by atoms with Gasteiger partial charge in [0.1, 0.15) is 5.76 Å². The maximum Gasteiger partial charge on any atom is 0.257 e. The van der Waals surface area contributed by atoms with Gasteiger partial charge in [-0.1, -0.05) is 18.2 Å². The molecule has 0 saturated carbocycles. The Labute approximate surface area is 184 Å². The van der Waals surface area contributed by atoms with Crippen molar-refractivity contribution < 1.29 is 14.0 Å². The fourth-order valence-corrected chi connectivity index (χ4v) is 4.97. The molecule has 4 rings (SSSR count). The Balaban J connectivity index is 1.42. The second kappa shape index (κ2) is 9.16. The van der Waals surface area contributed by atoms with Gasteiger partial charge in [0.2, 0.25) is 5.91 Å². The molecule has 166 valence electrons. The Morgan fingerprint density at radius 2 is 1.81 bits per heavy atom. The first-order valence-corrected chi connectivity index (χ1v) is 11.5. The number of amides is 2. The minimum absolute atomic E-state index is 0.0117. The van der Waals surface area contributed by atoms with Crippen molar-refractivity contribution in [2.24, 2.45) is 5.92 Å². The van der Waals surface area contributed by atoms with Gasteiger partial charge < -0.3 is 19.1 Å². The predicted octanol–water partition coefficient (Wildman–Crippen LogP) is 3.95. The zero-order chi connectivity index (χ0) is 22.0. The maximum atomic E-state index is 13.3. The topological polar surface area (TPSA) is 57.0 Å². The third-order valence-corrected chi connectivity index (χ3v) is 6.84. The summed E-state index contributed by atoms with van der Waals surface area (Å²) in [6.45, 7) is 9.54. The summed E-state index contributed by atoms with van der Waals surface area (Å²) >= 11 is 0. The number of nitrogens with zero attached hydrogens (tertiary/aromatic N) is 3. The lowest BCUT2D eigenvalue weighted by atomic mass is 9.94. The Morgan fingerprint density at radius 3 is 2.52 bits per heavy atom. The highest BCUT2D eigenvalue weighted by atomic mass is 16.3. The smallest absolute Gasteiger partial charge is 0.257 e. The second-order valence-corrected chi connectivity index (χ2v) is 8.64. The van der Waals surface area contributed by atoms with Gasteiger partial charge in [0, 0.05) is 43.8 Å². The van der Waals surface area contributed by atoms with Crippen molar-refractivity contribution in [1.29, 1.82) is 0 Å². The number of hydrogen-bond acceptors (Lipinski definition) is 4. The van der Waals surface area contributed by atoms with Crippen LogP contribution in [0.4, 0.5) is 5.69 Å². The first-order valence-electron chi connectivity index (χ1n) is 11.5. The van der Waals surface area contributed by atoms with Gasteiger partial charge in [-0.15, -0.1) is 0 Å². The second-order valence-electron chi connectivity index (χ2n) is 8.64. The van der Waals surface area contributed by atoms with Crippen LogP contribution in [0, 0.1) is 5.92 Å². The van der Waals surface area contributed by atoms with Crippen LogP contribution < -0.4 is 4.90 Å². The van der Waals surface area contributed by atoms with Crippen LogP contribution in [0.25, 0.3) is 0 Å². The SMILES string of the molecule is CCN(CC)C(=O)C1CCN(C(=O)c2ccoc2CN2c3ccccc3CC2C)CC1. The van der Waals surface area contributed by atoms with Crippen LogP contribution in [-0.2, 0) is 17.8 Å². The van der Waals surface area contributed by atoms with E-state index in [2.05, 4.69) is 36.1 Å². The molecule has 6 nitrogen and oxygen atoms in total. The third-order valence-electron chi connectivity index (χ3n) is 6.84. The molecule has 1 atom stereocenters. The van der Waals surface area contributed by atoms with E-state index in [1.165, 1.54) is 11.3 Å². The standard InChI is InChI=1S/C25H33N3O3/c1-4-26(5-2)24(29)19-10-13-27(14-11-19)25(30)21-12-15-31-23(21)17-28-18(3)16-20-8-6-7-9-22(20)28/h6-9,12,15,18-19H,4-5,10-11,13-14,16-17H2,1-3H3. The van der Waals surface area contributed by atoms with Gasteiger partial charge in [0.15, 0.2) is 0 Å². The average Bonchev–Trinajstić information content (AvgIpc) is 3.38. The highest BCUT2D eigenvalue weighted by Gasteiger charge is 2.32. The summed E-state index contributed by atoms with van der Waals surface area (Å²) in [6.07, 6.45) is 4.08. The monoisotopic (exact) mass is 423 g/mol. The summed E-state index contributed by atoms with van der Waals surface area (Å²) in [6, 6.07) is 10.6. The molecule has 0 N–H and O–H groups in total. The molecule has 0 radical (unpaired) electrons. The molecule has 0 spiro atoms. The number of likely N-dealkylation sites (tertiary alicyclic amines) is 1. The Kier molecular flexibility index (Phi) is 6.35. The molecule has 3 heterocycles. The van der Waals surface area contributed by atoms with Gasteiger partial charge in [0.25, 0.3) is 5.91 Å². The Morgan fingerprint density at radius 1 is 1.10 bits per heavy atom. The highest BCUT2D eigenvalue weighted by molar-refractivity contribution is 5.95. The molecule has 6 heteroatoms. The van der Waals surface area contributed by atoms with Gasteiger partial charge in [-0.25, -0.2) is 0 Å². The van der Waals surface area contributed by atoms with E-state index in [4.69, 9.17) is 4.42 Å². The van der Waals surface area contributed by atoms with Crippen molar-refractivity contribution >= 4 is 17.5 Å². The summed E-state index contributed by atoms with van der Waals surface area (Å²) in [4.78, 5) is 32.0. The van der Waals surface area contributed by atoms with Gasteiger partial charge in [-0.2, -0.15) is 0 Å².